The normalized spacial score (nSPS) is 20.5. The van der Waals surface area contributed by atoms with Crippen LogP contribution in [0.15, 0.2) is 85.0 Å². The Hall–Kier alpha value is -4.17. The van der Waals surface area contributed by atoms with Crippen LogP contribution in [0.2, 0.25) is 0 Å². The van der Waals surface area contributed by atoms with E-state index in [0.717, 1.165) is 55.5 Å². The van der Waals surface area contributed by atoms with Gasteiger partial charge in [-0.25, -0.2) is 4.79 Å². The monoisotopic (exact) mass is 571 g/mol. The van der Waals surface area contributed by atoms with E-state index >= 15 is 0 Å². The molecule has 0 aliphatic carbocycles. The molecule has 3 aliphatic heterocycles. The zero-order valence-corrected chi connectivity index (χ0v) is 24.3. The number of benzene rings is 2. The van der Waals surface area contributed by atoms with Crippen LogP contribution in [0.4, 0.5) is 4.79 Å². The summed E-state index contributed by atoms with van der Waals surface area (Å²) in [5.74, 6) is 0.900. The van der Waals surface area contributed by atoms with Gasteiger partial charge in [-0.1, -0.05) is 55.1 Å². The lowest BCUT2D eigenvalue weighted by molar-refractivity contribution is -0.107. The number of nitrogens with zero attached hydrogens (tertiary/aromatic N) is 1. The van der Waals surface area contributed by atoms with Crippen molar-refractivity contribution in [3.63, 3.8) is 0 Å². The first-order chi connectivity index (χ1) is 20.5. The number of alkyl carbamates (subject to hydrolysis) is 1. The quantitative estimate of drug-likeness (QED) is 0.176. The van der Waals surface area contributed by atoms with E-state index in [4.69, 9.17) is 9.47 Å². The number of ether oxygens (including phenoxy) is 2. The molecule has 3 aliphatic rings. The Kier molecular flexibility index (Phi) is 11.5. The highest BCUT2D eigenvalue weighted by Crippen LogP contribution is 2.31. The summed E-state index contributed by atoms with van der Waals surface area (Å²) in [4.78, 5) is 38.2. The molecular weight excluding hydrogens is 530 g/mol. The number of carbonyl (C=O) groups excluding carboxylic acids is 3. The van der Waals surface area contributed by atoms with Gasteiger partial charge in [-0.05, 0) is 86.2 Å². The van der Waals surface area contributed by atoms with Crippen LogP contribution in [-0.4, -0.2) is 55.5 Å². The van der Waals surface area contributed by atoms with E-state index in [0.29, 0.717) is 43.2 Å². The summed E-state index contributed by atoms with van der Waals surface area (Å²) >= 11 is 0. The molecule has 0 saturated carbocycles. The van der Waals surface area contributed by atoms with E-state index in [1.54, 1.807) is 18.2 Å². The fourth-order valence-corrected chi connectivity index (χ4v) is 5.37. The van der Waals surface area contributed by atoms with Gasteiger partial charge in [-0.15, -0.1) is 0 Å². The molecule has 0 radical (unpaired) electrons. The molecule has 2 unspecified atom stereocenters. The Labute approximate surface area is 248 Å². The molecule has 2 atom stereocenters. The maximum atomic E-state index is 13.1. The van der Waals surface area contributed by atoms with Crippen LogP contribution in [-0.2, 0) is 16.1 Å². The number of rotatable bonds is 14. The summed E-state index contributed by atoms with van der Waals surface area (Å²) in [5, 5.41) is 5.89. The molecule has 3 fully saturated rings. The van der Waals surface area contributed by atoms with Crippen molar-refractivity contribution in [2.45, 2.75) is 51.4 Å². The van der Waals surface area contributed by atoms with Gasteiger partial charge in [-0.2, -0.15) is 0 Å². The smallest absolute Gasteiger partial charge is 0.408 e. The molecule has 0 spiro atoms. The molecule has 8 nitrogen and oxygen atoms in total. The van der Waals surface area contributed by atoms with Gasteiger partial charge in [0, 0.05) is 25.1 Å². The van der Waals surface area contributed by atoms with E-state index in [-0.39, 0.29) is 12.0 Å². The number of aldehydes is 1. The standard InChI is InChI=1S/C34H41N3O5/c1-3-5-9-26(4-2)32(36-34(40)42-31-23-37-19-16-27(31)17-20-37)29-10-8-11-30(22-29)41-24-25-12-14-28(15-13-25)33(39)35-18-6-7-21-38/h3-5,8-15,21-22,27,31-32H,2,6-7,16-20,23-24H2,1H3,(H,35,39)(H,36,40). The molecule has 2 bridgehead atoms. The maximum Gasteiger partial charge on any atom is 0.408 e. The first-order valence-electron chi connectivity index (χ1n) is 14.7. The Bertz CT molecular complexity index is 1280. The minimum Gasteiger partial charge on any atom is -0.489 e. The van der Waals surface area contributed by atoms with Crippen molar-refractivity contribution in [1.29, 1.82) is 0 Å². The molecule has 5 rings (SSSR count). The van der Waals surface area contributed by atoms with Gasteiger partial charge in [0.15, 0.2) is 0 Å². The molecule has 3 heterocycles. The molecule has 222 valence electrons. The molecule has 0 aromatic heterocycles. The van der Waals surface area contributed by atoms with Crippen molar-refractivity contribution in [2.24, 2.45) is 5.92 Å². The first-order valence-corrected chi connectivity index (χ1v) is 14.7. The van der Waals surface area contributed by atoms with Crippen molar-refractivity contribution in [2.75, 3.05) is 26.2 Å². The van der Waals surface area contributed by atoms with Crippen molar-refractivity contribution >= 4 is 18.3 Å². The summed E-state index contributed by atoms with van der Waals surface area (Å²) < 4.78 is 12.0. The molecule has 2 N–H and O–H groups in total. The molecule has 42 heavy (non-hydrogen) atoms. The number of piperidine rings is 3. The molecule has 2 aromatic carbocycles. The minimum atomic E-state index is -0.472. The first kappa shape index (κ1) is 30.8. The summed E-state index contributed by atoms with van der Waals surface area (Å²) in [6, 6.07) is 14.4. The topological polar surface area (TPSA) is 97.0 Å². The largest absolute Gasteiger partial charge is 0.489 e. The van der Waals surface area contributed by atoms with E-state index < -0.39 is 12.1 Å². The number of amides is 2. The highest BCUT2D eigenvalue weighted by Gasteiger charge is 2.36. The fourth-order valence-electron chi connectivity index (χ4n) is 5.37. The predicted octanol–water partition coefficient (Wildman–Crippen LogP) is 5.52. The second-order valence-corrected chi connectivity index (χ2v) is 10.7. The zero-order chi connectivity index (χ0) is 29.7. The Morgan fingerprint density at radius 2 is 1.93 bits per heavy atom. The lowest BCUT2D eigenvalue weighted by atomic mass is 9.86. The number of allylic oxidation sites excluding steroid dienone is 3. The number of unbranched alkanes of at least 4 members (excludes halogenated alkanes) is 1. The van der Waals surface area contributed by atoms with Gasteiger partial charge in [0.25, 0.3) is 5.91 Å². The number of fused-ring (bicyclic) bond motifs is 3. The Morgan fingerprint density at radius 1 is 1.14 bits per heavy atom. The average Bonchev–Trinajstić information content (AvgIpc) is 3.02. The molecule has 3 saturated heterocycles. The summed E-state index contributed by atoms with van der Waals surface area (Å²) in [6.45, 7) is 9.65. The summed E-state index contributed by atoms with van der Waals surface area (Å²) in [7, 11) is 0. The highest BCUT2D eigenvalue weighted by molar-refractivity contribution is 5.94. The number of nitrogens with one attached hydrogen (secondary N) is 2. The maximum absolute atomic E-state index is 13.1. The molecule has 8 heteroatoms. The van der Waals surface area contributed by atoms with Gasteiger partial charge in [0.1, 0.15) is 24.7 Å². The van der Waals surface area contributed by atoms with E-state index in [1.807, 2.05) is 61.5 Å². The van der Waals surface area contributed by atoms with Gasteiger partial charge in [0.05, 0.1) is 6.04 Å². The van der Waals surface area contributed by atoms with Gasteiger partial charge in [-0.3, -0.25) is 9.69 Å². The molecule has 2 aromatic rings. The minimum absolute atomic E-state index is 0.0885. The Morgan fingerprint density at radius 3 is 2.60 bits per heavy atom. The van der Waals surface area contributed by atoms with Gasteiger partial charge >= 0.3 is 6.09 Å². The zero-order valence-electron chi connectivity index (χ0n) is 24.3. The van der Waals surface area contributed by atoms with Crippen LogP contribution < -0.4 is 15.4 Å². The number of hydrogen-bond acceptors (Lipinski definition) is 6. The van der Waals surface area contributed by atoms with Crippen molar-refractivity contribution < 1.29 is 23.9 Å². The van der Waals surface area contributed by atoms with Gasteiger partial charge < -0.3 is 24.9 Å². The van der Waals surface area contributed by atoms with Gasteiger partial charge in [0.2, 0.25) is 0 Å². The van der Waals surface area contributed by atoms with Crippen molar-refractivity contribution in [3.05, 3.63) is 102 Å². The van der Waals surface area contributed by atoms with Crippen molar-refractivity contribution in [3.8, 4) is 5.75 Å². The second-order valence-electron chi connectivity index (χ2n) is 10.7. The van der Waals surface area contributed by atoms with Crippen LogP contribution >= 0.6 is 0 Å². The third-order valence-electron chi connectivity index (χ3n) is 7.76. The van der Waals surface area contributed by atoms with Crippen LogP contribution in [0.5, 0.6) is 5.75 Å². The van der Waals surface area contributed by atoms with Crippen LogP contribution in [0.3, 0.4) is 0 Å². The average molecular weight is 572 g/mol. The third-order valence-corrected chi connectivity index (χ3v) is 7.76. The lowest BCUT2D eigenvalue weighted by Gasteiger charge is -2.43. The van der Waals surface area contributed by atoms with E-state index in [2.05, 4.69) is 22.1 Å². The van der Waals surface area contributed by atoms with Crippen molar-refractivity contribution in [1.82, 2.24) is 15.5 Å². The molecule has 2 amide bonds. The van der Waals surface area contributed by atoms with Crippen LogP contribution in [0.1, 0.15) is 60.1 Å². The lowest BCUT2D eigenvalue weighted by Crippen LogP contribution is -2.52. The second kappa shape index (κ2) is 15.7. The summed E-state index contributed by atoms with van der Waals surface area (Å²) in [5.41, 5.74) is 3.14. The highest BCUT2D eigenvalue weighted by atomic mass is 16.6. The van der Waals surface area contributed by atoms with Crippen LogP contribution in [0, 0.1) is 5.92 Å². The predicted molar refractivity (Wildman–Crippen MR) is 163 cm³/mol. The van der Waals surface area contributed by atoms with E-state index in [1.165, 1.54) is 0 Å². The summed E-state index contributed by atoms with van der Waals surface area (Å²) in [6.07, 6.45) is 11.0. The fraction of sp³-hybridized carbons (Fsp3) is 0.382. The van der Waals surface area contributed by atoms with Crippen LogP contribution in [0.25, 0.3) is 0 Å². The SMILES string of the molecule is C=CC(=CC=CC)C(NC(=O)OC1CN2CCC1CC2)c1cccc(OCc2ccc(C(=O)NCCCC=O)cc2)c1. The number of hydrogen-bond donors (Lipinski definition) is 2. The number of carbonyl (C=O) groups is 3. The Balaban J connectivity index is 1.41. The third kappa shape index (κ3) is 8.66. The molecular formula is C34H41N3O5. The van der Waals surface area contributed by atoms with E-state index in [9.17, 15) is 14.4 Å².